The predicted molar refractivity (Wildman–Crippen MR) is 100 cm³/mol. The van der Waals surface area contributed by atoms with E-state index in [9.17, 15) is 4.79 Å². The van der Waals surface area contributed by atoms with E-state index in [2.05, 4.69) is 15.4 Å². The number of fused-ring (bicyclic) bond motifs is 1. The van der Waals surface area contributed by atoms with Crippen LogP contribution in [0.25, 0.3) is 16.7 Å². The van der Waals surface area contributed by atoms with Crippen molar-refractivity contribution in [1.29, 1.82) is 0 Å². The van der Waals surface area contributed by atoms with E-state index in [0.717, 1.165) is 16.6 Å². The fourth-order valence-corrected chi connectivity index (χ4v) is 2.99. The Balaban J connectivity index is 1.51. The van der Waals surface area contributed by atoms with Gasteiger partial charge in [0.05, 0.1) is 18.4 Å². The minimum Gasteiger partial charge on any atom is -0.497 e. The Morgan fingerprint density at radius 2 is 2.04 bits per heavy atom. The molecule has 0 radical (unpaired) electrons. The van der Waals surface area contributed by atoms with Crippen LogP contribution >= 0.6 is 0 Å². The molecule has 1 N–H and O–H groups in total. The smallest absolute Gasteiger partial charge is 0.255 e. The molecule has 0 aliphatic rings. The van der Waals surface area contributed by atoms with E-state index in [1.165, 1.54) is 6.33 Å². The zero-order valence-electron chi connectivity index (χ0n) is 15.0. The Labute approximate surface area is 155 Å². The van der Waals surface area contributed by atoms with Gasteiger partial charge in [0.1, 0.15) is 29.7 Å². The molecule has 4 aromatic rings. The summed E-state index contributed by atoms with van der Waals surface area (Å²) in [6, 6.07) is 13.2. The molecule has 2 heterocycles. The highest BCUT2D eigenvalue weighted by molar-refractivity contribution is 6.07. The van der Waals surface area contributed by atoms with Gasteiger partial charge in [-0.2, -0.15) is 5.10 Å². The summed E-state index contributed by atoms with van der Waals surface area (Å²) in [6.07, 6.45) is 3.12. The number of nitrogens with one attached hydrogen (secondary N) is 1. The second-order valence-corrected chi connectivity index (χ2v) is 6.08. The van der Waals surface area contributed by atoms with Crippen LogP contribution in [-0.2, 0) is 6.54 Å². The molecule has 7 nitrogen and oxygen atoms in total. The van der Waals surface area contributed by atoms with Crippen molar-refractivity contribution >= 4 is 16.9 Å². The first kappa shape index (κ1) is 16.8. The molecule has 0 unspecified atom stereocenters. The Morgan fingerprint density at radius 1 is 1.22 bits per heavy atom. The average Bonchev–Trinajstić information content (AvgIpc) is 3.33. The lowest BCUT2D eigenvalue weighted by atomic mass is 10.1. The highest BCUT2D eigenvalue weighted by Crippen LogP contribution is 2.29. The van der Waals surface area contributed by atoms with Crippen molar-refractivity contribution in [3.8, 4) is 11.4 Å². The molecule has 0 aliphatic carbocycles. The monoisotopic (exact) mass is 362 g/mol. The molecule has 4 rings (SSSR count). The SMILES string of the molecule is COc1ccc2oc(C)c(C(=O)NCc3ccc(-n4cncn4)cc3)c2c1. The van der Waals surface area contributed by atoms with Crippen LogP contribution in [0.4, 0.5) is 0 Å². The lowest BCUT2D eigenvalue weighted by Crippen LogP contribution is -2.23. The fourth-order valence-electron chi connectivity index (χ4n) is 2.99. The lowest BCUT2D eigenvalue weighted by molar-refractivity contribution is 0.0951. The van der Waals surface area contributed by atoms with Gasteiger partial charge in [0.15, 0.2) is 0 Å². The molecule has 2 aromatic heterocycles. The summed E-state index contributed by atoms with van der Waals surface area (Å²) in [6.45, 7) is 2.20. The van der Waals surface area contributed by atoms with Crippen molar-refractivity contribution in [2.75, 3.05) is 7.11 Å². The standard InChI is InChI=1S/C20H18N4O3/c1-13-19(17-9-16(26-2)7-8-18(17)27-13)20(25)22-10-14-3-5-15(6-4-14)24-12-21-11-23-24/h3-9,11-12H,10H2,1-2H3,(H,22,25). The van der Waals surface area contributed by atoms with Gasteiger partial charge in [0, 0.05) is 11.9 Å². The molecule has 27 heavy (non-hydrogen) atoms. The maximum absolute atomic E-state index is 12.7. The molecular weight excluding hydrogens is 344 g/mol. The van der Waals surface area contributed by atoms with Crippen molar-refractivity contribution in [3.05, 3.63) is 72.0 Å². The Bertz CT molecular complexity index is 1080. The molecule has 0 bridgehead atoms. The van der Waals surface area contributed by atoms with Crippen LogP contribution in [0.2, 0.25) is 0 Å². The summed E-state index contributed by atoms with van der Waals surface area (Å²) in [5.74, 6) is 1.08. The van der Waals surface area contributed by atoms with Crippen LogP contribution in [-0.4, -0.2) is 27.8 Å². The van der Waals surface area contributed by atoms with Gasteiger partial charge in [-0.05, 0) is 42.8 Å². The maximum atomic E-state index is 12.7. The molecule has 2 aromatic carbocycles. The Hall–Kier alpha value is -3.61. The van der Waals surface area contributed by atoms with E-state index < -0.39 is 0 Å². The quantitative estimate of drug-likeness (QED) is 0.589. The number of hydrogen-bond donors (Lipinski definition) is 1. The van der Waals surface area contributed by atoms with Crippen molar-refractivity contribution < 1.29 is 13.9 Å². The summed E-state index contributed by atoms with van der Waals surface area (Å²) < 4.78 is 12.6. The number of carbonyl (C=O) groups is 1. The van der Waals surface area contributed by atoms with E-state index in [1.54, 1.807) is 31.1 Å². The Kier molecular flexibility index (Phi) is 4.33. The zero-order chi connectivity index (χ0) is 18.8. The van der Waals surface area contributed by atoms with E-state index >= 15 is 0 Å². The van der Waals surface area contributed by atoms with Crippen LogP contribution in [0.5, 0.6) is 5.75 Å². The van der Waals surface area contributed by atoms with Gasteiger partial charge in [0.25, 0.3) is 5.91 Å². The molecule has 7 heteroatoms. The van der Waals surface area contributed by atoms with Gasteiger partial charge < -0.3 is 14.5 Å². The minimum absolute atomic E-state index is 0.181. The number of aryl methyl sites for hydroxylation is 1. The number of carbonyl (C=O) groups excluding carboxylic acids is 1. The van der Waals surface area contributed by atoms with Crippen molar-refractivity contribution in [1.82, 2.24) is 20.1 Å². The number of hydrogen-bond acceptors (Lipinski definition) is 5. The summed E-state index contributed by atoms with van der Waals surface area (Å²) in [4.78, 5) is 16.7. The molecule has 136 valence electrons. The third-order valence-corrected chi connectivity index (χ3v) is 4.37. The number of aromatic nitrogens is 3. The van der Waals surface area contributed by atoms with Gasteiger partial charge in [-0.3, -0.25) is 4.79 Å². The number of nitrogens with zero attached hydrogens (tertiary/aromatic N) is 3. The first-order valence-corrected chi connectivity index (χ1v) is 8.45. The normalized spacial score (nSPS) is 10.9. The van der Waals surface area contributed by atoms with Gasteiger partial charge in [-0.15, -0.1) is 0 Å². The van der Waals surface area contributed by atoms with E-state index in [-0.39, 0.29) is 5.91 Å². The molecule has 1 amide bonds. The first-order valence-electron chi connectivity index (χ1n) is 8.45. The molecule has 0 saturated carbocycles. The van der Waals surface area contributed by atoms with E-state index in [1.807, 2.05) is 36.4 Å². The average molecular weight is 362 g/mol. The van der Waals surface area contributed by atoms with Crippen LogP contribution in [0.1, 0.15) is 21.7 Å². The highest BCUT2D eigenvalue weighted by Gasteiger charge is 2.18. The summed E-state index contributed by atoms with van der Waals surface area (Å²) >= 11 is 0. The van der Waals surface area contributed by atoms with Gasteiger partial charge in [-0.25, -0.2) is 9.67 Å². The topological polar surface area (TPSA) is 82.2 Å². The second kappa shape index (κ2) is 6.95. The zero-order valence-corrected chi connectivity index (χ0v) is 15.0. The molecule has 0 atom stereocenters. The third-order valence-electron chi connectivity index (χ3n) is 4.37. The maximum Gasteiger partial charge on any atom is 0.255 e. The largest absolute Gasteiger partial charge is 0.497 e. The van der Waals surface area contributed by atoms with Crippen molar-refractivity contribution in [2.24, 2.45) is 0 Å². The first-order chi connectivity index (χ1) is 13.2. The second-order valence-electron chi connectivity index (χ2n) is 6.08. The lowest BCUT2D eigenvalue weighted by Gasteiger charge is -2.07. The third kappa shape index (κ3) is 3.27. The number of rotatable bonds is 5. The number of furan rings is 1. The van der Waals surface area contributed by atoms with Crippen molar-refractivity contribution in [3.63, 3.8) is 0 Å². The summed E-state index contributed by atoms with van der Waals surface area (Å²) in [5.41, 5.74) is 3.08. The molecule has 0 aliphatic heterocycles. The van der Waals surface area contributed by atoms with Crippen LogP contribution < -0.4 is 10.1 Å². The number of ether oxygens (including phenoxy) is 1. The van der Waals surface area contributed by atoms with E-state index in [0.29, 0.717) is 29.2 Å². The van der Waals surface area contributed by atoms with E-state index in [4.69, 9.17) is 9.15 Å². The summed E-state index contributed by atoms with van der Waals surface area (Å²) in [7, 11) is 1.59. The molecule has 0 saturated heterocycles. The molecule has 0 fully saturated rings. The van der Waals surface area contributed by atoms with Gasteiger partial charge in [0.2, 0.25) is 0 Å². The minimum atomic E-state index is -0.181. The van der Waals surface area contributed by atoms with Crippen LogP contribution in [0.3, 0.4) is 0 Å². The predicted octanol–water partition coefficient (Wildman–Crippen LogP) is 3.26. The Morgan fingerprint density at radius 3 is 2.74 bits per heavy atom. The number of methoxy groups -OCH3 is 1. The van der Waals surface area contributed by atoms with Gasteiger partial charge in [-0.1, -0.05) is 12.1 Å². The number of amides is 1. The number of benzene rings is 2. The van der Waals surface area contributed by atoms with Crippen LogP contribution in [0, 0.1) is 6.92 Å². The summed E-state index contributed by atoms with van der Waals surface area (Å²) in [5, 5.41) is 7.79. The molecule has 0 spiro atoms. The van der Waals surface area contributed by atoms with Crippen molar-refractivity contribution in [2.45, 2.75) is 13.5 Å². The molecular formula is C20H18N4O3. The van der Waals surface area contributed by atoms with Crippen LogP contribution in [0.15, 0.2) is 59.5 Å². The fraction of sp³-hybridized carbons (Fsp3) is 0.150. The highest BCUT2D eigenvalue weighted by atomic mass is 16.5. The van der Waals surface area contributed by atoms with Gasteiger partial charge >= 0.3 is 0 Å².